The average Bonchev–Trinajstić information content (AvgIpc) is 1.40. The Morgan fingerprint density at radius 2 is 1.10 bits per heavy atom. The highest BCUT2D eigenvalue weighted by atomic mass is 16.8. The molecule has 84 heavy (non-hydrogen) atoms. The van der Waals surface area contributed by atoms with Crippen LogP contribution in [0, 0.1) is 34.5 Å². The number of fused-ring (bicyclic) bond motifs is 5. The van der Waals surface area contributed by atoms with E-state index in [1.165, 1.54) is 14.0 Å². The van der Waals surface area contributed by atoms with E-state index < -0.39 is 170 Å². The molecule has 9 fully saturated rings. The molecular weight excluding hydrogens is 1100 g/mol. The maximum atomic E-state index is 13.1. The van der Waals surface area contributed by atoms with Gasteiger partial charge in [0.15, 0.2) is 31.5 Å². The van der Waals surface area contributed by atoms with Crippen LogP contribution in [0.1, 0.15) is 160 Å². The standard InChI is InChI=1S/C61H102O23/c1-15-28(2)56(67)78-34(8)60(68)20-21-61(69)38-17-16-36-22-37(18-19-58(36,10)39(38)23-44(59(60,61)11)79-35(9)62)80-45-24-40(63)51(30(4)73-45)81-46-25-41(64)52(31(5)74-46)82-47-26-42(70-12)53(32(6)75-47)83-48-27-43(71-13)54(33(7)76-48)84-57-50(66)55(72-14)49(65)29(3)77-57/h28-34,36-55,57,63-66,68-69H,15-27H2,1-14H3/t28-,29-,30?,31-,32-,33-,34+,36+,37+,38-,39+,40+,41+,42-,43-,44-,45-,46+,47+,48+,49-,50-,51-,52-,53-,54-,55+,57+,58+,59-,60-,61+/m1/s1. The molecule has 32 atom stereocenters. The highest BCUT2D eigenvalue weighted by Crippen LogP contribution is 2.71. The van der Waals surface area contributed by atoms with Gasteiger partial charge in [-0.25, -0.2) is 0 Å². The van der Waals surface area contributed by atoms with Crippen molar-refractivity contribution in [3.63, 3.8) is 0 Å². The van der Waals surface area contributed by atoms with Crippen LogP contribution in [-0.2, 0) is 80.6 Å². The molecule has 6 N–H and O–H groups in total. The van der Waals surface area contributed by atoms with Gasteiger partial charge in [0.2, 0.25) is 0 Å². The van der Waals surface area contributed by atoms with Crippen molar-refractivity contribution < 1.29 is 111 Å². The number of carbonyl (C=O) groups is 2. The first kappa shape index (κ1) is 66.6. The Hall–Kier alpha value is -1.82. The number of ether oxygens (including phenoxy) is 15. The Kier molecular flexibility index (Phi) is 21.1. The van der Waals surface area contributed by atoms with Crippen LogP contribution in [0.3, 0.4) is 0 Å². The molecule has 0 amide bonds. The van der Waals surface area contributed by atoms with Crippen LogP contribution >= 0.6 is 0 Å². The van der Waals surface area contributed by atoms with Gasteiger partial charge in [0, 0.05) is 53.9 Å². The molecule has 1 unspecified atom stereocenters. The molecule has 0 aromatic heterocycles. The summed E-state index contributed by atoms with van der Waals surface area (Å²) in [5.74, 6) is -1.21. The minimum absolute atomic E-state index is 0.0133. The Labute approximate surface area is 495 Å². The molecule has 5 aliphatic heterocycles. The number of aliphatic hydroxyl groups excluding tert-OH is 4. The second-order valence-electron chi connectivity index (χ2n) is 26.8. The molecule has 0 bridgehead atoms. The second kappa shape index (κ2) is 26.6. The molecule has 0 spiro atoms. The zero-order chi connectivity index (χ0) is 61.1. The molecule has 5 heterocycles. The number of esters is 2. The van der Waals surface area contributed by atoms with Crippen molar-refractivity contribution in [1.82, 2.24) is 0 Å². The summed E-state index contributed by atoms with van der Waals surface area (Å²) in [6.07, 6.45) is -11.9. The quantitative estimate of drug-likeness (QED) is 0.0832. The second-order valence-corrected chi connectivity index (χ2v) is 26.8. The summed E-state index contributed by atoms with van der Waals surface area (Å²) in [5.41, 5.74) is -4.54. The Morgan fingerprint density at radius 3 is 1.62 bits per heavy atom. The fourth-order valence-corrected chi connectivity index (χ4v) is 16.8. The van der Waals surface area contributed by atoms with Gasteiger partial charge in [-0.15, -0.1) is 0 Å². The molecule has 0 radical (unpaired) electrons. The molecule has 4 aliphatic carbocycles. The molecule has 4 saturated carbocycles. The van der Waals surface area contributed by atoms with Crippen molar-refractivity contribution in [1.29, 1.82) is 0 Å². The predicted molar refractivity (Wildman–Crippen MR) is 295 cm³/mol. The first-order chi connectivity index (χ1) is 39.6. The number of rotatable bonds is 18. The number of methoxy groups -OCH3 is 3. The van der Waals surface area contributed by atoms with Crippen molar-refractivity contribution in [3.8, 4) is 0 Å². The van der Waals surface area contributed by atoms with Gasteiger partial charge in [0.1, 0.15) is 60.5 Å². The van der Waals surface area contributed by atoms with Gasteiger partial charge in [-0.3, -0.25) is 9.59 Å². The fourth-order valence-electron chi connectivity index (χ4n) is 16.8. The Bertz CT molecular complexity index is 2170. The summed E-state index contributed by atoms with van der Waals surface area (Å²) < 4.78 is 92.7. The van der Waals surface area contributed by atoms with E-state index in [0.29, 0.717) is 19.3 Å². The van der Waals surface area contributed by atoms with Gasteiger partial charge < -0.3 is 102 Å². The van der Waals surface area contributed by atoms with E-state index in [4.69, 9.17) is 71.1 Å². The van der Waals surface area contributed by atoms with Crippen LogP contribution in [0.5, 0.6) is 0 Å². The van der Waals surface area contributed by atoms with E-state index in [2.05, 4.69) is 6.92 Å². The predicted octanol–water partition coefficient (Wildman–Crippen LogP) is 4.09. The van der Waals surface area contributed by atoms with Crippen LogP contribution < -0.4 is 0 Å². The normalized spacial score (nSPS) is 51.4. The zero-order valence-corrected chi connectivity index (χ0v) is 52.0. The largest absolute Gasteiger partial charge is 0.462 e. The molecule has 9 rings (SSSR count). The topological polar surface area (TPSA) is 294 Å². The molecule has 0 aromatic carbocycles. The minimum Gasteiger partial charge on any atom is -0.462 e. The van der Waals surface area contributed by atoms with Gasteiger partial charge in [-0.2, -0.15) is 0 Å². The lowest BCUT2D eigenvalue weighted by Crippen LogP contribution is -2.72. The van der Waals surface area contributed by atoms with E-state index in [0.717, 1.165) is 25.7 Å². The molecule has 484 valence electrons. The van der Waals surface area contributed by atoms with Crippen molar-refractivity contribution in [2.75, 3.05) is 21.3 Å². The minimum atomic E-state index is -1.64. The maximum Gasteiger partial charge on any atom is 0.309 e. The van der Waals surface area contributed by atoms with E-state index in [1.54, 1.807) is 41.9 Å². The molecule has 23 nitrogen and oxygen atoms in total. The molecule has 9 aliphatic rings. The average molecular weight is 1200 g/mol. The summed E-state index contributed by atoms with van der Waals surface area (Å²) in [6, 6.07) is 0. The summed E-state index contributed by atoms with van der Waals surface area (Å²) in [5, 5.41) is 70.3. The number of hydrogen-bond donors (Lipinski definition) is 6. The molecule has 0 aromatic rings. The number of hydrogen-bond acceptors (Lipinski definition) is 23. The van der Waals surface area contributed by atoms with Crippen molar-refractivity contribution in [3.05, 3.63) is 0 Å². The lowest BCUT2D eigenvalue weighted by Gasteiger charge is -2.66. The number of carbonyl (C=O) groups excluding carboxylic acids is 2. The monoisotopic (exact) mass is 1200 g/mol. The fraction of sp³-hybridized carbons (Fsp3) is 0.967. The van der Waals surface area contributed by atoms with Crippen LogP contribution in [0.25, 0.3) is 0 Å². The van der Waals surface area contributed by atoms with Gasteiger partial charge in [0.25, 0.3) is 0 Å². The van der Waals surface area contributed by atoms with E-state index in [-0.39, 0.29) is 73.7 Å². The Balaban J connectivity index is 0.740. The first-order valence-corrected chi connectivity index (χ1v) is 31.3. The maximum absolute atomic E-state index is 13.1. The molecule has 23 heteroatoms. The smallest absolute Gasteiger partial charge is 0.309 e. The van der Waals surface area contributed by atoms with Crippen molar-refractivity contribution in [2.45, 2.75) is 318 Å². The zero-order valence-electron chi connectivity index (χ0n) is 52.0. The SMILES string of the molecule is CC[C@@H](C)C(=O)O[C@@H](C)[C@]1(O)CC[C@]2(O)[C@@H]3CC[C@H]4C[C@@H](O[C@@H]5C[C@H](O)[C@H](O[C@H]6C[C@H](O)[C@H](O[C@H]7C[C@@H](OC)[C@H](O[C@H]8C[C@@H](OC)[C@H](O[C@@H]9O[C@H](C)[C@@H](O)[C@H](OC)[C@H]9O)[C@@H](C)O8)[C@@H](C)O7)[C@@H](C)O6)C(C)O5)CC[C@]4(C)[C@H]3C[C@@H](OC(C)=O)[C@]12C. The highest BCUT2D eigenvalue weighted by Gasteiger charge is 2.77. The Morgan fingerprint density at radius 1 is 0.571 bits per heavy atom. The van der Waals surface area contributed by atoms with E-state index in [9.17, 15) is 40.2 Å². The lowest BCUT2D eigenvalue weighted by atomic mass is 9.42. The van der Waals surface area contributed by atoms with Gasteiger partial charge in [0.05, 0.1) is 78.0 Å². The summed E-state index contributed by atoms with van der Waals surface area (Å²) >= 11 is 0. The molecule has 5 saturated heterocycles. The van der Waals surface area contributed by atoms with Gasteiger partial charge >= 0.3 is 11.9 Å². The van der Waals surface area contributed by atoms with Crippen molar-refractivity contribution >= 4 is 11.9 Å². The van der Waals surface area contributed by atoms with E-state index >= 15 is 0 Å². The van der Waals surface area contributed by atoms with Crippen LogP contribution in [0.4, 0.5) is 0 Å². The lowest BCUT2D eigenvalue weighted by molar-refractivity contribution is -0.357. The van der Waals surface area contributed by atoms with Crippen LogP contribution in [-0.4, -0.2) is 223 Å². The van der Waals surface area contributed by atoms with Crippen LogP contribution in [0.2, 0.25) is 0 Å². The third kappa shape index (κ3) is 12.5. The van der Waals surface area contributed by atoms with Gasteiger partial charge in [-0.1, -0.05) is 27.7 Å². The highest BCUT2D eigenvalue weighted by molar-refractivity contribution is 5.72. The third-order valence-corrected chi connectivity index (χ3v) is 22.1. The van der Waals surface area contributed by atoms with Crippen molar-refractivity contribution in [2.24, 2.45) is 34.5 Å². The first-order valence-electron chi connectivity index (χ1n) is 31.3. The van der Waals surface area contributed by atoms with Crippen LogP contribution in [0.15, 0.2) is 0 Å². The third-order valence-electron chi connectivity index (χ3n) is 22.1. The summed E-state index contributed by atoms with van der Waals surface area (Å²) in [4.78, 5) is 25.9. The van der Waals surface area contributed by atoms with Gasteiger partial charge in [-0.05, 0) is 122 Å². The number of aliphatic hydroxyl groups is 6. The summed E-state index contributed by atoms with van der Waals surface area (Å²) in [6.45, 7) is 19.8. The molecular formula is C61H102O23. The summed E-state index contributed by atoms with van der Waals surface area (Å²) in [7, 11) is 4.55. The van der Waals surface area contributed by atoms with E-state index in [1.807, 2.05) is 34.6 Å².